The number of hydrogen-bond donors (Lipinski definition) is 1. The summed E-state index contributed by atoms with van der Waals surface area (Å²) in [5.41, 5.74) is 0. The number of hydrogen-bond acceptors (Lipinski definition) is 3. The first-order chi connectivity index (χ1) is 7.22. The minimum atomic E-state index is 0.794. The second-order valence-corrected chi connectivity index (χ2v) is 6.96. The number of rotatable bonds is 7. The fraction of sp³-hybridized carbons (Fsp3) is 0.636. The van der Waals surface area contributed by atoms with Gasteiger partial charge in [-0.15, -0.1) is 11.3 Å². The van der Waals surface area contributed by atoms with Gasteiger partial charge < -0.3 is 5.32 Å². The predicted molar refractivity (Wildman–Crippen MR) is 75.9 cm³/mol. The molecule has 0 spiro atoms. The van der Waals surface area contributed by atoms with Gasteiger partial charge in [-0.2, -0.15) is 11.8 Å². The summed E-state index contributed by atoms with van der Waals surface area (Å²) in [4.78, 5) is 1.40. The maximum Gasteiger partial charge on any atom is 0.0300 e. The standard InChI is InChI=1S/C11H18BrNS2/c1-3-9(2)14-5-4-13-7-11-6-10(12)8-15-11/h6,8-9,13H,3-5,7H2,1-2H3. The van der Waals surface area contributed by atoms with Gasteiger partial charge in [0.25, 0.3) is 0 Å². The monoisotopic (exact) mass is 307 g/mol. The highest BCUT2D eigenvalue weighted by atomic mass is 79.9. The van der Waals surface area contributed by atoms with Gasteiger partial charge in [-0.05, 0) is 28.4 Å². The van der Waals surface area contributed by atoms with Crippen LogP contribution in [0.3, 0.4) is 0 Å². The Morgan fingerprint density at radius 3 is 3.00 bits per heavy atom. The second-order valence-electron chi connectivity index (χ2n) is 3.50. The highest BCUT2D eigenvalue weighted by molar-refractivity contribution is 9.10. The van der Waals surface area contributed by atoms with E-state index in [0.29, 0.717) is 0 Å². The van der Waals surface area contributed by atoms with Crippen molar-refractivity contribution in [1.82, 2.24) is 5.32 Å². The Bertz CT molecular complexity index is 275. The van der Waals surface area contributed by atoms with Crippen LogP contribution in [0, 0.1) is 0 Å². The van der Waals surface area contributed by atoms with E-state index in [1.807, 2.05) is 11.8 Å². The highest BCUT2D eigenvalue weighted by Gasteiger charge is 1.99. The van der Waals surface area contributed by atoms with Crippen LogP contribution in [-0.4, -0.2) is 17.5 Å². The van der Waals surface area contributed by atoms with Crippen LogP contribution < -0.4 is 5.32 Å². The van der Waals surface area contributed by atoms with Crippen LogP contribution in [0.2, 0.25) is 0 Å². The van der Waals surface area contributed by atoms with Crippen LogP contribution >= 0.6 is 39.0 Å². The van der Waals surface area contributed by atoms with Crippen molar-refractivity contribution >= 4 is 39.0 Å². The molecule has 1 rings (SSSR count). The summed E-state index contributed by atoms with van der Waals surface area (Å²) in [7, 11) is 0. The van der Waals surface area contributed by atoms with Gasteiger partial charge in [-0.3, -0.25) is 0 Å². The zero-order chi connectivity index (χ0) is 11.1. The van der Waals surface area contributed by atoms with E-state index in [4.69, 9.17) is 0 Å². The average Bonchev–Trinajstić information content (AvgIpc) is 2.63. The normalized spacial score (nSPS) is 13.0. The molecule has 0 amide bonds. The molecule has 0 saturated carbocycles. The smallest absolute Gasteiger partial charge is 0.0300 e. The summed E-state index contributed by atoms with van der Waals surface area (Å²) in [5.74, 6) is 1.21. The average molecular weight is 308 g/mol. The van der Waals surface area contributed by atoms with E-state index < -0.39 is 0 Å². The number of thioether (sulfide) groups is 1. The first-order valence-corrected chi connectivity index (χ1v) is 7.99. The molecular formula is C11H18BrNS2. The molecule has 0 bridgehead atoms. The van der Waals surface area contributed by atoms with Gasteiger partial charge in [0.1, 0.15) is 0 Å². The molecule has 1 unspecified atom stereocenters. The van der Waals surface area contributed by atoms with Crippen LogP contribution in [0.1, 0.15) is 25.1 Å². The molecule has 0 fully saturated rings. The lowest BCUT2D eigenvalue weighted by Crippen LogP contribution is -2.16. The maximum absolute atomic E-state index is 3.46. The molecule has 0 radical (unpaired) electrons. The van der Waals surface area contributed by atoms with E-state index in [2.05, 4.69) is 46.5 Å². The van der Waals surface area contributed by atoms with Crippen molar-refractivity contribution in [2.45, 2.75) is 32.1 Å². The summed E-state index contributed by atoms with van der Waals surface area (Å²) in [5, 5.41) is 6.39. The van der Waals surface area contributed by atoms with Gasteiger partial charge in [-0.1, -0.05) is 13.8 Å². The van der Waals surface area contributed by atoms with Crippen molar-refractivity contribution in [1.29, 1.82) is 0 Å². The molecule has 0 aromatic carbocycles. The Morgan fingerprint density at radius 1 is 1.60 bits per heavy atom. The summed E-state index contributed by atoms with van der Waals surface area (Å²) in [6.07, 6.45) is 1.27. The van der Waals surface area contributed by atoms with E-state index in [9.17, 15) is 0 Å². The third-order valence-corrected chi connectivity index (χ3v) is 5.22. The van der Waals surface area contributed by atoms with Crippen molar-refractivity contribution in [3.8, 4) is 0 Å². The Balaban J connectivity index is 2.02. The van der Waals surface area contributed by atoms with Gasteiger partial charge in [0, 0.05) is 38.8 Å². The van der Waals surface area contributed by atoms with Crippen molar-refractivity contribution < 1.29 is 0 Å². The number of thiophene rings is 1. The lowest BCUT2D eigenvalue weighted by Gasteiger charge is -2.08. The Morgan fingerprint density at radius 2 is 2.40 bits per heavy atom. The fourth-order valence-electron chi connectivity index (χ4n) is 1.11. The zero-order valence-corrected chi connectivity index (χ0v) is 12.5. The molecule has 1 nitrogen and oxygen atoms in total. The topological polar surface area (TPSA) is 12.0 Å². The Kier molecular flexibility index (Phi) is 6.97. The molecule has 0 aliphatic heterocycles. The van der Waals surface area contributed by atoms with E-state index in [-0.39, 0.29) is 0 Å². The number of nitrogens with one attached hydrogen (secondary N) is 1. The molecule has 1 N–H and O–H groups in total. The van der Waals surface area contributed by atoms with Crippen LogP contribution in [-0.2, 0) is 6.54 Å². The van der Waals surface area contributed by atoms with E-state index in [1.165, 1.54) is 21.5 Å². The lowest BCUT2D eigenvalue weighted by atomic mass is 10.4. The SMILES string of the molecule is CCC(C)SCCNCc1cc(Br)cs1. The van der Waals surface area contributed by atoms with Gasteiger partial charge in [-0.25, -0.2) is 0 Å². The van der Waals surface area contributed by atoms with Crippen LogP contribution in [0.4, 0.5) is 0 Å². The predicted octanol–water partition coefficient (Wildman–Crippen LogP) is 4.13. The molecule has 0 saturated heterocycles. The molecule has 0 aliphatic carbocycles. The summed E-state index contributed by atoms with van der Waals surface area (Å²) in [6, 6.07) is 2.18. The quantitative estimate of drug-likeness (QED) is 0.760. The first kappa shape index (κ1) is 13.6. The minimum absolute atomic E-state index is 0.794. The van der Waals surface area contributed by atoms with Crippen molar-refractivity contribution in [2.75, 3.05) is 12.3 Å². The van der Waals surface area contributed by atoms with Crippen LogP contribution in [0.15, 0.2) is 15.9 Å². The van der Waals surface area contributed by atoms with Gasteiger partial charge in [0.2, 0.25) is 0 Å². The summed E-state index contributed by atoms with van der Waals surface area (Å²) >= 11 is 7.31. The third kappa shape index (κ3) is 5.95. The Labute approximate surface area is 109 Å². The van der Waals surface area contributed by atoms with Crippen LogP contribution in [0.25, 0.3) is 0 Å². The van der Waals surface area contributed by atoms with Crippen molar-refractivity contribution in [3.05, 3.63) is 20.8 Å². The summed E-state index contributed by atoms with van der Waals surface area (Å²) < 4.78 is 1.19. The van der Waals surface area contributed by atoms with E-state index in [1.54, 1.807) is 11.3 Å². The minimum Gasteiger partial charge on any atom is -0.311 e. The highest BCUT2D eigenvalue weighted by Crippen LogP contribution is 2.19. The Hall–Kier alpha value is 0.490. The van der Waals surface area contributed by atoms with Gasteiger partial charge in [0.05, 0.1) is 0 Å². The summed E-state index contributed by atoms with van der Waals surface area (Å²) in [6.45, 7) is 6.64. The molecule has 1 aromatic rings. The van der Waals surface area contributed by atoms with Crippen molar-refractivity contribution in [2.24, 2.45) is 0 Å². The molecule has 1 aromatic heterocycles. The molecule has 15 heavy (non-hydrogen) atoms. The molecule has 86 valence electrons. The zero-order valence-electron chi connectivity index (χ0n) is 9.25. The molecule has 0 aliphatic rings. The molecule has 1 heterocycles. The third-order valence-electron chi connectivity index (χ3n) is 2.18. The fourth-order valence-corrected chi connectivity index (χ4v) is 3.43. The van der Waals surface area contributed by atoms with E-state index >= 15 is 0 Å². The van der Waals surface area contributed by atoms with E-state index in [0.717, 1.165) is 18.3 Å². The largest absolute Gasteiger partial charge is 0.311 e. The maximum atomic E-state index is 3.46. The number of halogens is 1. The molecule has 4 heteroatoms. The van der Waals surface area contributed by atoms with Crippen LogP contribution in [0.5, 0.6) is 0 Å². The van der Waals surface area contributed by atoms with Crippen molar-refractivity contribution in [3.63, 3.8) is 0 Å². The first-order valence-electron chi connectivity index (χ1n) is 5.27. The second kappa shape index (κ2) is 7.71. The molecule has 1 atom stereocenters. The van der Waals surface area contributed by atoms with Gasteiger partial charge in [0.15, 0.2) is 0 Å². The lowest BCUT2D eigenvalue weighted by molar-refractivity contribution is 0.739. The van der Waals surface area contributed by atoms with Gasteiger partial charge >= 0.3 is 0 Å². The molecular weight excluding hydrogens is 290 g/mol.